The molecule has 0 spiro atoms. The molecule has 6 nitrogen and oxygen atoms in total. The van der Waals surface area contributed by atoms with Crippen molar-refractivity contribution in [2.75, 3.05) is 43.3 Å². The minimum absolute atomic E-state index is 0.230. The number of nitrogens with zero attached hydrogens (tertiary/aromatic N) is 1. The fourth-order valence-corrected chi connectivity index (χ4v) is 4.08. The van der Waals surface area contributed by atoms with Gasteiger partial charge in [-0.15, -0.1) is 11.8 Å². The zero-order chi connectivity index (χ0) is 20.6. The van der Waals surface area contributed by atoms with E-state index in [1.54, 1.807) is 23.9 Å². The van der Waals surface area contributed by atoms with E-state index in [0.29, 0.717) is 11.3 Å². The Morgan fingerprint density at radius 1 is 1.17 bits per heavy atom. The molecule has 1 N–H and O–H groups in total. The van der Waals surface area contributed by atoms with Crippen LogP contribution >= 0.6 is 11.8 Å². The van der Waals surface area contributed by atoms with Gasteiger partial charge < -0.3 is 19.7 Å². The van der Waals surface area contributed by atoms with E-state index in [4.69, 9.17) is 9.47 Å². The third kappa shape index (κ3) is 6.24. The van der Waals surface area contributed by atoms with Crippen LogP contribution < -0.4 is 10.2 Å². The zero-order valence-electron chi connectivity index (χ0n) is 16.7. The lowest BCUT2D eigenvalue weighted by atomic mass is 10.2. The second kappa shape index (κ2) is 10.3. The molecule has 1 fully saturated rings. The van der Waals surface area contributed by atoms with Crippen molar-refractivity contribution in [3.8, 4) is 0 Å². The van der Waals surface area contributed by atoms with Gasteiger partial charge in [0.2, 0.25) is 0 Å². The maximum atomic E-state index is 12.5. The first kappa shape index (κ1) is 21.2. The molecule has 0 bridgehead atoms. The topological polar surface area (TPSA) is 67.9 Å². The maximum Gasteiger partial charge on any atom is 0.339 e. The van der Waals surface area contributed by atoms with Gasteiger partial charge in [-0.1, -0.05) is 12.1 Å². The van der Waals surface area contributed by atoms with Gasteiger partial charge in [-0.05, 0) is 49.2 Å². The number of anilines is 2. The number of hydrogen-bond acceptors (Lipinski definition) is 6. The van der Waals surface area contributed by atoms with Gasteiger partial charge in [-0.25, -0.2) is 4.79 Å². The van der Waals surface area contributed by atoms with E-state index >= 15 is 0 Å². The molecule has 1 atom stereocenters. The van der Waals surface area contributed by atoms with E-state index < -0.39 is 5.97 Å². The molecule has 0 unspecified atom stereocenters. The highest BCUT2D eigenvalue weighted by Gasteiger charge is 2.19. The number of amides is 1. The molecule has 3 rings (SSSR count). The molecule has 2 aromatic carbocycles. The van der Waals surface area contributed by atoms with Crippen molar-refractivity contribution < 1.29 is 19.1 Å². The quantitative estimate of drug-likeness (QED) is 0.523. The van der Waals surface area contributed by atoms with Gasteiger partial charge in [0, 0.05) is 42.7 Å². The molecule has 1 saturated heterocycles. The number of hydrogen-bond donors (Lipinski definition) is 1. The Morgan fingerprint density at radius 3 is 2.62 bits per heavy atom. The maximum absolute atomic E-state index is 12.5. The van der Waals surface area contributed by atoms with Crippen LogP contribution in [0.2, 0.25) is 0 Å². The van der Waals surface area contributed by atoms with Crippen molar-refractivity contribution in [2.45, 2.75) is 23.8 Å². The van der Waals surface area contributed by atoms with Crippen LogP contribution in [0.15, 0.2) is 53.4 Å². The number of carbonyl (C=O) groups is 2. The van der Waals surface area contributed by atoms with E-state index in [1.165, 1.54) is 0 Å². The van der Waals surface area contributed by atoms with Crippen LogP contribution in [0.5, 0.6) is 0 Å². The van der Waals surface area contributed by atoms with Crippen molar-refractivity contribution in [3.05, 3.63) is 54.1 Å². The Morgan fingerprint density at radius 2 is 1.93 bits per heavy atom. The fourth-order valence-electron chi connectivity index (χ4n) is 2.97. The van der Waals surface area contributed by atoms with E-state index in [2.05, 4.69) is 5.32 Å². The van der Waals surface area contributed by atoms with Crippen molar-refractivity contribution in [1.29, 1.82) is 0 Å². The summed E-state index contributed by atoms with van der Waals surface area (Å²) < 4.78 is 10.9. The molecular formula is C22H26N2O4S. The summed E-state index contributed by atoms with van der Waals surface area (Å²) >= 11 is 1.58. The lowest BCUT2D eigenvalue weighted by Gasteiger charge is -2.13. The van der Waals surface area contributed by atoms with Gasteiger partial charge >= 0.3 is 5.97 Å². The summed E-state index contributed by atoms with van der Waals surface area (Å²) in [4.78, 5) is 27.4. The second-order valence-corrected chi connectivity index (χ2v) is 8.07. The van der Waals surface area contributed by atoms with E-state index in [9.17, 15) is 9.59 Å². The normalized spacial score (nSPS) is 15.7. The molecule has 154 valence electrons. The van der Waals surface area contributed by atoms with Gasteiger partial charge in [0.15, 0.2) is 6.61 Å². The summed E-state index contributed by atoms with van der Waals surface area (Å²) in [5.41, 5.74) is 2.16. The summed E-state index contributed by atoms with van der Waals surface area (Å²) in [6.45, 7) is 0.473. The minimum atomic E-state index is -0.501. The standard InChI is InChI=1S/C22H26N2O4S/c1-24(2)17-11-9-16(10-12-17)23-21(25)14-28-22(26)19-7-3-4-8-20(19)29-15-18-6-5-13-27-18/h3-4,7-12,18H,5-6,13-15H2,1-2H3,(H,23,25)/t18-/m1/s1. The SMILES string of the molecule is CN(C)c1ccc(NC(=O)COC(=O)c2ccccc2SC[C@H]2CCCO2)cc1. The Labute approximate surface area is 175 Å². The highest BCUT2D eigenvalue weighted by molar-refractivity contribution is 7.99. The lowest BCUT2D eigenvalue weighted by molar-refractivity contribution is -0.119. The van der Waals surface area contributed by atoms with Crippen molar-refractivity contribution in [1.82, 2.24) is 0 Å². The molecule has 0 radical (unpaired) electrons. The number of ether oxygens (including phenoxy) is 2. The van der Waals surface area contributed by atoms with Gasteiger partial charge in [0.25, 0.3) is 5.91 Å². The molecule has 29 heavy (non-hydrogen) atoms. The number of esters is 1. The van der Waals surface area contributed by atoms with Gasteiger partial charge in [0.05, 0.1) is 11.7 Å². The summed E-state index contributed by atoms with van der Waals surface area (Å²) in [6, 6.07) is 14.7. The molecule has 2 aromatic rings. The Balaban J connectivity index is 1.51. The summed E-state index contributed by atoms with van der Waals surface area (Å²) in [7, 11) is 3.90. The van der Waals surface area contributed by atoms with Crippen LogP contribution in [0.25, 0.3) is 0 Å². The van der Waals surface area contributed by atoms with Crippen molar-refractivity contribution in [2.24, 2.45) is 0 Å². The largest absolute Gasteiger partial charge is 0.452 e. The molecule has 0 saturated carbocycles. The smallest absolute Gasteiger partial charge is 0.339 e. The zero-order valence-corrected chi connectivity index (χ0v) is 17.5. The number of rotatable bonds is 8. The Kier molecular flexibility index (Phi) is 7.55. The first-order valence-corrected chi connectivity index (χ1v) is 10.6. The third-order valence-corrected chi connectivity index (χ3v) is 5.76. The molecule has 1 aliphatic rings. The minimum Gasteiger partial charge on any atom is -0.452 e. The summed E-state index contributed by atoms with van der Waals surface area (Å²) in [6.07, 6.45) is 2.37. The second-order valence-electron chi connectivity index (χ2n) is 7.01. The van der Waals surface area contributed by atoms with E-state index in [-0.39, 0.29) is 18.6 Å². The lowest BCUT2D eigenvalue weighted by Crippen LogP contribution is -2.21. The number of benzene rings is 2. The molecule has 0 aromatic heterocycles. The van der Waals surface area contributed by atoms with E-state index in [0.717, 1.165) is 35.8 Å². The predicted octanol–water partition coefficient (Wildman–Crippen LogP) is 3.82. The molecule has 1 amide bonds. The van der Waals surface area contributed by atoms with Crippen molar-refractivity contribution in [3.63, 3.8) is 0 Å². The Bertz CT molecular complexity index is 833. The predicted molar refractivity (Wildman–Crippen MR) is 116 cm³/mol. The monoisotopic (exact) mass is 414 g/mol. The number of thioether (sulfide) groups is 1. The molecule has 0 aliphatic carbocycles. The van der Waals surface area contributed by atoms with Crippen LogP contribution in [0.1, 0.15) is 23.2 Å². The first-order chi connectivity index (χ1) is 14.0. The molecule has 1 aliphatic heterocycles. The summed E-state index contributed by atoms with van der Waals surface area (Å²) in [5.74, 6) is -0.0766. The highest BCUT2D eigenvalue weighted by atomic mass is 32.2. The van der Waals surface area contributed by atoms with Gasteiger partial charge in [-0.3, -0.25) is 4.79 Å². The third-order valence-electron chi connectivity index (χ3n) is 4.56. The average Bonchev–Trinajstić information content (AvgIpc) is 3.25. The number of nitrogens with one attached hydrogen (secondary N) is 1. The van der Waals surface area contributed by atoms with Crippen molar-refractivity contribution >= 4 is 35.0 Å². The molecule has 1 heterocycles. The van der Waals surface area contributed by atoms with Gasteiger partial charge in [-0.2, -0.15) is 0 Å². The molecule has 7 heteroatoms. The van der Waals surface area contributed by atoms with Crippen LogP contribution in [0, 0.1) is 0 Å². The van der Waals surface area contributed by atoms with Gasteiger partial charge in [0.1, 0.15) is 0 Å². The fraction of sp³-hybridized carbons (Fsp3) is 0.364. The highest BCUT2D eigenvalue weighted by Crippen LogP contribution is 2.27. The molecular weight excluding hydrogens is 388 g/mol. The van der Waals surface area contributed by atoms with Crippen LogP contribution in [0.3, 0.4) is 0 Å². The first-order valence-electron chi connectivity index (χ1n) is 9.61. The van der Waals surface area contributed by atoms with Crippen LogP contribution in [-0.2, 0) is 14.3 Å². The van der Waals surface area contributed by atoms with Crippen LogP contribution in [-0.4, -0.2) is 51.0 Å². The summed E-state index contributed by atoms with van der Waals surface area (Å²) in [5, 5.41) is 2.74. The van der Waals surface area contributed by atoms with E-state index in [1.807, 2.05) is 55.4 Å². The van der Waals surface area contributed by atoms with Crippen LogP contribution in [0.4, 0.5) is 11.4 Å². The Hall–Kier alpha value is -2.51. The number of carbonyl (C=O) groups excluding carboxylic acids is 2. The average molecular weight is 415 g/mol.